The predicted molar refractivity (Wildman–Crippen MR) is 91.3 cm³/mol. The molecule has 0 aliphatic rings. The van der Waals surface area contributed by atoms with E-state index in [1.807, 2.05) is 13.1 Å². The van der Waals surface area contributed by atoms with E-state index in [1.165, 1.54) is 11.1 Å². The quantitative estimate of drug-likeness (QED) is 0.744. The second kappa shape index (κ2) is 6.16. The molecular weight excluding hydrogens is 286 g/mol. The molecule has 3 aromatic rings. The molecule has 0 bridgehead atoms. The van der Waals surface area contributed by atoms with E-state index < -0.39 is 0 Å². The van der Waals surface area contributed by atoms with E-state index >= 15 is 0 Å². The molecule has 0 saturated carbocycles. The van der Waals surface area contributed by atoms with Crippen molar-refractivity contribution in [3.63, 3.8) is 0 Å². The molecule has 0 saturated heterocycles. The van der Waals surface area contributed by atoms with E-state index in [1.54, 1.807) is 29.4 Å². The highest BCUT2D eigenvalue weighted by atomic mass is 16.2. The zero-order valence-corrected chi connectivity index (χ0v) is 13.6. The van der Waals surface area contributed by atoms with Crippen molar-refractivity contribution in [2.24, 2.45) is 0 Å². The van der Waals surface area contributed by atoms with Crippen LogP contribution in [-0.2, 0) is 6.54 Å². The lowest BCUT2D eigenvalue weighted by atomic mass is 10.1. The Morgan fingerprint density at radius 1 is 1.00 bits per heavy atom. The first kappa shape index (κ1) is 15.2. The normalized spacial score (nSPS) is 10.7. The summed E-state index contributed by atoms with van der Waals surface area (Å²) in [6.45, 7) is 4.73. The maximum atomic E-state index is 12.6. The zero-order valence-electron chi connectivity index (χ0n) is 13.6. The fourth-order valence-corrected chi connectivity index (χ4v) is 2.67. The van der Waals surface area contributed by atoms with E-state index in [2.05, 4.69) is 42.0 Å². The number of amides is 1. The summed E-state index contributed by atoms with van der Waals surface area (Å²) in [6, 6.07) is 11.7. The van der Waals surface area contributed by atoms with Gasteiger partial charge < -0.3 is 4.90 Å². The fourth-order valence-electron chi connectivity index (χ4n) is 2.67. The smallest absolute Gasteiger partial charge is 0.253 e. The number of hydrogen-bond donors (Lipinski definition) is 0. The van der Waals surface area contributed by atoms with Gasteiger partial charge in [-0.05, 0) is 43.2 Å². The standard InChI is InChI=1S/C19H19N3O/c1-13-4-5-16(14(2)10-13)12-22(3)19(23)15-6-7-17-18(11-15)21-9-8-20-17/h4-11H,12H2,1-3H3. The van der Waals surface area contributed by atoms with Gasteiger partial charge in [0.05, 0.1) is 11.0 Å². The van der Waals surface area contributed by atoms with Gasteiger partial charge in [0.15, 0.2) is 0 Å². The van der Waals surface area contributed by atoms with Crippen LogP contribution in [0.15, 0.2) is 48.8 Å². The maximum absolute atomic E-state index is 12.6. The number of carbonyl (C=O) groups is 1. The van der Waals surface area contributed by atoms with Crippen LogP contribution in [0.5, 0.6) is 0 Å². The van der Waals surface area contributed by atoms with Crippen molar-refractivity contribution in [1.29, 1.82) is 0 Å². The molecule has 0 N–H and O–H groups in total. The van der Waals surface area contributed by atoms with Crippen LogP contribution in [0.4, 0.5) is 0 Å². The van der Waals surface area contributed by atoms with Crippen molar-refractivity contribution in [3.05, 3.63) is 71.0 Å². The van der Waals surface area contributed by atoms with Gasteiger partial charge in [0, 0.05) is 31.5 Å². The van der Waals surface area contributed by atoms with Crippen molar-refractivity contribution in [2.45, 2.75) is 20.4 Å². The number of rotatable bonds is 3. The minimum atomic E-state index is -0.0162. The van der Waals surface area contributed by atoms with Gasteiger partial charge in [-0.25, -0.2) is 0 Å². The summed E-state index contributed by atoms with van der Waals surface area (Å²) >= 11 is 0. The topological polar surface area (TPSA) is 46.1 Å². The minimum absolute atomic E-state index is 0.0162. The van der Waals surface area contributed by atoms with E-state index in [4.69, 9.17) is 0 Å². The van der Waals surface area contributed by atoms with Gasteiger partial charge in [0.2, 0.25) is 0 Å². The molecule has 0 radical (unpaired) electrons. The number of benzene rings is 2. The highest BCUT2D eigenvalue weighted by molar-refractivity contribution is 5.97. The highest BCUT2D eigenvalue weighted by Gasteiger charge is 2.14. The van der Waals surface area contributed by atoms with Crippen molar-refractivity contribution in [2.75, 3.05) is 7.05 Å². The zero-order chi connectivity index (χ0) is 16.4. The van der Waals surface area contributed by atoms with E-state index in [0.717, 1.165) is 16.6 Å². The van der Waals surface area contributed by atoms with Gasteiger partial charge in [-0.3, -0.25) is 14.8 Å². The average Bonchev–Trinajstić information content (AvgIpc) is 2.56. The van der Waals surface area contributed by atoms with Crippen LogP contribution in [0.25, 0.3) is 11.0 Å². The molecule has 0 atom stereocenters. The molecule has 1 amide bonds. The fraction of sp³-hybridized carbons (Fsp3) is 0.211. The number of hydrogen-bond acceptors (Lipinski definition) is 3. The highest BCUT2D eigenvalue weighted by Crippen LogP contribution is 2.16. The van der Waals surface area contributed by atoms with Gasteiger partial charge in [0.25, 0.3) is 5.91 Å². The van der Waals surface area contributed by atoms with Crippen LogP contribution in [0.1, 0.15) is 27.0 Å². The number of carbonyl (C=O) groups excluding carboxylic acids is 1. The molecule has 1 aromatic heterocycles. The molecule has 116 valence electrons. The third kappa shape index (κ3) is 3.21. The van der Waals surface area contributed by atoms with Gasteiger partial charge in [-0.2, -0.15) is 0 Å². The average molecular weight is 305 g/mol. The molecule has 4 nitrogen and oxygen atoms in total. The van der Waals surface area contributed by atoms with Gasteiger partial charge in [-0.1, -0.05) is 23.8 Å². The van der Waals surface area contributed by atoms with Gasteiger partial charge >= 0.3 is 0 Å². The van der Waals surface area contributed by atoms with Crippen LogP contribution in [0.2, 0.25) is 0 Å². The largest absolute Gasteiger partial charge is 0.337 e. The molecule has 3 rings (SSSR count). The molecule has 2 aromatic carbocycles. The number of aromatic nitrogens is 2. The summed E-state index contributed by atoms with van der Waals surface area (Å²) in [7, 11) is 1.82. The Labute approximate surface area is 135 Å². The molecular formula is C19H19N3O. The Morgan fingerprint density at radius 3 is 2.48 bits per heavy atom. The SMILES string of the molecule is Cc1ccc(CN(C)C(=O)c2ccc3nccnc3c2)c(C)c1. The first-order chi connectivity index (χ1) is 11.0. The van der Waals surface area contributed by atoms with Gasteiger partial charge in [0.1, 0.15) is 0 Å². The molecule has 1 heterocycles. The Bertz CT molecular complexity index is 873. The first-order valence-corrected chi connectivity index (χ1v) is 7.57. The van der Waals surface area contributed by atoms with Crippen molar-refractivity contribution in [1.82, 2.24) is 14.9 Å². The monoisotopic (exact) mass is 305 g/mol. The lowest BCUT2D eigenvalue weighted by Crippen LogP contribution is -2.26. The van der Waals surface area contributed by atoms with Crippen LogP contribution in [0, 0.1) is 13.8 Å². The summed E-state index contributed by atoms with van der Waals surface area (Å²) in [6.07, 6.45) is 3.28. The Balaban J connectivity index is 1.83. The van der Waals surface area contributed by atoms with E-state index in [9.17, 15) is 4.79 Å². The second-order valence-corrected chi connectivity index (χ2v) is 5.85. The number of nitrogens with zero attached hydrogens (tertiary/aromatic N) is 3. The van der Waals surface area contributed by atoms with Crippen molar-refractivity contribution in [3.8, 4) is 0 Å². The van der Waals surface area contributed by atoms with Gasteiger partial charge in [-0.15, -0.1) is 0 Å². The van der Waals surface area contributed by atoms with Crippen LogP contribution < -0.4 is 0 Å². The first-order valence-electron chi connectivity index (χ1n) is 7.57. The predicted octanol–water partition coefficient (Wildman–Crippen LogP) is 3.52. The third-order valence-electron chi connectivity index (χ3n) is 3.97. The summed E-state index contributed by atoms with van der Waals surface area (Å²) in [5.74, 6) is -0.0162. The van der Waals surface area contributed by atoms with E-state index in [-0.39, 0.29) is 5.91 Å². The minimum Gasteiger partial charge on any atom is -0.337 e. The second-order valence-electron chi connectivity index (χ2n) is 5.85. The summed E-state index contributed by atoms with van der Waals surface area (Å²) < 4.78 is 0. The Kier molecular flexibility index (Phi) is 4.06. The van der Waals surface area contributed by atoms with Crippen LogP contribution in [-0.4, -0.2) is 27.8 Å². The van der Waals surface area contributed by atoms with E-state index in [0.29, 0.717) is 12.1 Å². The van der Waals surface area contributed by atoms with Crippen LogP contribution in [0.3, 0.4) is 0 Å². The van der Waals surface area contributed by atoms with Crippen molar-refractivity contribution >= 4 is 16.9 Å². The molecule has 23 heavy (non-hydrogen) atoms. The molecule has 0 unspecified atom stereocenters. The lowest BCUT2D eigenvalue weighted by molar-refractivity contribution is 0.0785. The summed E-state index contributed by atoms with van der Waals surface area (Å²) in [5.41, 5.74) is 5.75. The molecule has 0 aliphatic heterocycles. The Hall–Kier alpha value is -2.75. The van der Waals surface area contributed by atoms with Crippen molar-refractivity contribution < 1.29 is 4.79 Å². The maximum Gasteiger partial charge on any atom is 0.253 e. The molecule has 4 heteroatoms. The Morgan fingerprint density at radius 2 is 1.74 bits per heavy atom. The number of fused-ring (bicyclic) bond motifs is 1. The summed E-state index contributed by atoms with van der Waals surface area (Å²) in [4.78, 5) is 22.9. The molecule has 0 spiro atoms. The van der Waals surface area contributed by atoms with Crippen LogP contribution >= 0.6 is 0 Å². The lowest BCUT2D eigenvalue weighted by Gasteiger charge is -2.19. The summed E-state index contributed by atoms with van der Waals surface area (Å²) in [5, 5.41) is 0. The third-order valence-corrected chi connectivity index (χ3v) is 3.97. The number of aryl methyl sites for hydroxylation is 2. The molecule has 0 aliphatic carbocycles. The molecule has 0 fully saturated rings.